The molecule has 18 heavy (non-hydrogen) atoms. The maximum Gasteiger partial charge on any atom is 0.0991 e. The molecule has 3 heteroatoms. The van der Waals surface area contributed by atoms with Gasteiger partial charge in [0.2, 0.25) is 0 Å². The van der Waals surface area contributed by atoms with Crippen molar-refractivity contribution in [3.8, 4) is 6.07 Å². The minimum Gasteiger partial charge on any atom is -0.385 e. The maximum atomic E-state index is 11.0. The van der Waals surface area contributed by atoms with E-state index in [9.17, 15) is 5.11 Å². The molecule has 0 spiro atoms. The first-order valence-electron chi connectivity index (χ1n) is 6.60. The van der Waals surface area contributed by atoms with Crippen molar-refractivity contribution in [2.45, 2.75) is 50.3 Å². The van der Waals surface area contributed by atoms with E-state index in [0.717, 1.165) is 36.8 Å². The number of nitrogens with zero attached hydrogens (tertiary/aromatic N) is 1. The lowest BCUT2D eigenvalue weighted by molar-refractivity contribution is -0.0120. The van der Waals surface area contributed by atoms with Gasteiger partial charge in [0.15, 0.2) is 0 Å². The van der Waals surface area contributed by atoms with Gasteiger partial charge in [0.05, 0.1) is 17.2 Å². The standard InChI is InChI=1S/C15H18N2O/c1-10-2-3-11(9-16)6-14(10)15(18)7-12-4-5-13(8-15)17-12/h2-3,6,12-13,17-18H,4-5,7-8H2,1H3. The van der Waals surface area contributed by atoms with Gasteiger partial charge in [0.1, 0.15) is 0 Å². The number of aryl methyl sites for hydroxylation is 1. The quantitative estimate of drug-likeness (QED) is 0.791. The fraction of sp³-hybridized carbons (Fsp3) is 0.533. The van der Waals surface area contributed by atoms with Crippen LogP contribution in [-0.2, 0) is 5.60 Å². The fourth-order valence-corrected chi connectivity index (χ4v) is 3.54. The average Bonchev–Trinajstić information content (AvgIpc) is 2.70. The van der Waals surface area contributed by atoms with Crippen LogP contribution in [0.4, 0.5) is 0 Å². The number of benzene rings is 1. The van der Waals surface area contributed by atoms with Crippen molar-refractivity contribution < 1.29 is 5.11 Å². The maximum absolute atomic E-state index is 11.0. The molecule has 0 saturated carbocycles. The van der Waals surface area contributed by atoms with E-state index in [-0.39, 0.29) is 0 Å². The average molecular weight is 242 g/mol. The molecule has 0 amide bonds. The Morgan fingerprint density at radius 3 is 2.61 bits per heavy atom. The number of rotatable bonds is 1. The van der Waals surface area contributed by atoms with E-state index in [1.54, 1.807) is 0 Å². The Bertz CT molecular complexity index is 506. The molecule has 3 nitrogen and oxygen atoms in total. The predicted octanol–water partition coefficient (Wildman–Crippen LogP) is 1.97. The van der Waals surface area contributed by atoms with Gasteiger partial charge in [-0.2, -0.15) is 5.26 Å². The second-order valence-electron chi connectivity index (χ2n) is 5.72. The Balaban J connectivity index is 2.01. The normalized spacial score (nSPS) is 34.3. The van der Waals surface area contributed by atoms with E-state index in [1.807, 2.05) is 25.1 Å². The van der Waals surface area contributed by atoms with Crippen molar-refractivity contribution in [1.82, 2.24) is 5.32 Å². The van der Waals surface area contributed by atoms with Gasteiger partial charge in [0.25, 0.3) is 0 Å². The molecule has 2 atom stereocenters. The number of piperidine rings is 1. The van der Waals surface area contributed by atoms with E-state index < -0.39 is 5.60 Å². The first-order chi connectivity index (χ1) is 8.60. The van der Waals surface area contributed by atoms with Gasteiger partial charge in [-0.15, -0.1) is 0 Å². The molecule has 1 aromatic carbocycles. The Hall–Kier alpha value is -1.37. The summed E-state index contributed by atoms with van der Waals surface area (Å²) < 4.78 is 0. The summed E-state index contributed by atoms with van der Waals surface area (Å²) in [6, 6.07) is 8.64. The van der Waals surface area contributed by atoms with E-state index in [2.05, 4.69) is 11.4 Å². The van der Waals surface area contributed by atoms with Crippen LogP contribution in [0, 0.1) is 18.3 Å². The molecule has 2 bridgehead atoms. The Kier molecular flexibility index (Phi) is 2.65. The summed E-state index contributed by atoms with van der Waals surface area (Å²) in [6.07, 6.45) is 3.84. The highest BCUT2D eigenvalue weighted by Gasteiger charge is 2.44. The highest BCUT2D eigenvalue weighted by Crippen LogP contribution is 2.41. The van der Waals surface area contributed by atoms with Crippen LogP contribution in [0.5, 0.6) is 0 Å². The highest BCUT2D eigenvalue weighted by atomic mass is 16.3. The smallest absolute Gasteiger partial charge is 0.0991 e. The summed E-state index contributed by atoms with van der Waals surface area (Å²) in [4.78, 5) is 0. The number of hydrogen-bond acceptors (Lipinski definition) is 3. The summed E-state index contributed by atoms with van der Waals surface area (Å²) in [5, 5.41) is 23.5. The molecule has 2 aliphatic heterocycles. The van der Waals surface area contributed by atoms with Gasteiger partial charge in [-0.3, -0.25) is 0 Å². The monoisotopic (exact) mass is 242 g/mol. The first-order valence-corrected chi connectivity index (χ1v) is 6.60. The van der Waals surface area contributed by atoms with Crippen LogP contribution in [0.2, 0.25) is 0 Å². The second-order valence-corrected chi connectivity index (χ2v) is 5.72. The van der Waals surface area contributed by atoms with Gasteiger partial charge in [-0.05, 0) is 55.9 Å². The minimum absolute atomic E-state index is 0.430. The van der Waals surface area contributed by atoms with Crippen molar-refractivity contribution in [1.29, 1.82) is 5.26 Å². The summed E-state index contributed by atoms with van der Waals surface area (Å²) in [7, 11) is 0. The summed E-state index contributed by atoms with van der Waals surface area (Å²) in [6.45, 7) is 2.01. The van der Waals surface area contributed by atoms with E-state index in [4.69, 9.17) is 5.26 Å². The number of hydrogen-bond donors (Lipinski definition) is 2. The minimum atomic E-state index is -0.756. The molecule has 2 fully saturated rings. The lowest BCUT2D eigenvalue weighted by atomic mass is 9.79. The zero-order chi connectivity index (χ0) is 12.8. The Labute approximate surface area is 107 Å². The lowest BCUT2D eigenvalue weighted by Crippen LogP contribution is -2.47. The molecule has 2 N–H and O–H groups in total. The predicted molar refractivity (Wildman–Crippen MR) is 69.0 cm³/mol. The second kappa shape index (κ2) is 4.08. The SMILES string of the molecule is Cc1ccc(C#N)cc1C1(O)CC2CCC(C1)N2. The first kappa shape index (κ1) is 11.7. The van der Waals surface area contributed by atoms with Gasteiger partial charge in [-0.1, -0.05) is 6.07 Å². The molecular weight excluding hydrogens is 224 g/mol. The molecule has 3 rings (SSSR count). The third-order valence-corrected chi connectivity index (χ3v) is 4.37. The molecule has 94 valence electrons. The summed E-state index contributed by atoms with van der Waals surface area (Å²) in [5.74, 6) is 0. The van der Waals surface area contributed by atoms with Crippen LogP contribution in [0.25, 0.3) is 0 Å². The summed E-state index contributed by atoms with van der Waals surface area (Å²) in [5.41, 5.74) is 1.90. The van der Waals surface area contributed by atoms with E-state index in [0.29, 0.717) is 17.6 Å². The topological polar surface area (TPSA) is 56.0 Å². The molecular formula is C15H18N2O. The molecule has 2 saturated heterocycles. The van der Waals surface area contributed by atoms with Crippen LogP contribution in [0.15, 0.2) is 18.2 Å². The van der Waals surface area contributed by atoms with E-state index in [1.165, 1.54) is 0 Å². The zero-order valence-corrected chi connectivity index (χ0v) is 10.6. The van der Waals surface area contributed by atoms with Crippen molar-refractivity contribution in [2.75, 3.05) is 0 Å². The lowest BCUT2D eigenvalue weighted by Gasteiger charge is -2.38. The third-order valence-electron chi connectivity index (χ3n) is 4.37. The fourth-order valence-electron chi connectivity index (χ4n) is 3.54. The number of fused-ring (bicyclic) bond motifs is 2. The molecule has 2 heterocycles. The van der Waals surface area contributed by atoms with Crippen molar-refractivity contribution in [2.24, 2.45) is 0 Å². The third kappa shape index (κ3) is 1.82. The largest absolute Gasteiger partial charge is 0.385 e. The molecule has 0 aromatic heterocycles. The van der Waals surface area contributed by atoms with Crippen LogP contribution >= 0.6 is 0 Å². The van der Waals surface area contributed by atoms with Crippen molar-refractivity contribution in [3.63, 3.8) is 0 Å². The molecule has 1 aromatic rings. The van der Waals surface area contributed by atoms with Gasteiger partial charge in [-0.25, -0.2) is 0 Å². The van der Waals surface area contributed by atoms with Crippen molar-refractivity contribution in [3.05, 3.63) is 34.9 Å². The van der Waals surface area contributed by atoms with Gasteiger partial charge in [0, 0.05) is 12.1 Å². The van der Waals surface area contributed by atoms with Crippen molar-refractivity contribution >= 4 is 0 Å². The molecule has 2 aliphatic rings. The Morgan fingerprint density at radius 2 is 2.00 bits per heavy atom. The van der Waals surface area contributed by atoms with Crippen LogP contribution < -0.4 is 5.32 Å². The van der Waals surface area contributed by atoms with Gasteiger partial charge >= 0.3 is 0 Å². The van der Waals surface area contributed by atoms with E-state index >= 15 is 0 Å². The van der Waals surface area contributed by atoms with Crippen LogP contribution in [-0.4, -0.2) is 17.2 Å². The summed E-state index contributed by atoms with van der Waals surface area (Å²) >= 11 is 0. The number of nitriles is 1. The molecule has 0 aliphatic carbocycles. The zero-order valence-electron chi connectivity index (χ0n) is 10.6. The Morgan fingerprint density at radius 1 is 1.33 bits per heavy atom. The number of nitrogens with one attached hydrogen (secondary N) is 1. The van der Waals surface area contributed by atoms with Crippen LogP contribution in [0.1, 0.15) is 42.4 Å². The van der Waals surface area contributed by atoms with Crippen LogP contribution in [0.3, 0.4) is 0 Å². The molecule has 2 unspecified atom stereocenters. The highest BCUT2D eigenvalue weighted by molar-refractivity contribution is 5.41. The number of aliphatic hydroxyl groups is 1. The molecule has 0 radical (unpaired) electrons. The van der Waals surface area contributed by atoms with Gasteiger partial charge < -0.3 is 10.4 Å².